The molecule has 2 fully saturated rings. The van der Waals surface area contributed by atoms with E-state index in [0.29, 0.717) is 6.54 Å². The van der Waals surface area contributed by atoms with Gasteiger partial charge in [-0.1, -0.05) is 18.2 Å². The molecule has 3 heterocycles. The highest BCUT2D eigenvalue weighted by atomic mass is 16.6. The number of nitrogens with one attached hydrogen (secondary N) is 1. The van der Waals surface area contributed by atoms with Gasteiger partial charge in [0.1, 0.15) is 5.60 Å². The predicted molar refractivity (Wildman–Crippen MR) is 130 cm³/mol. The SMILES string of the molecule is CC(C)(C)OC(=O)N1CC[C@H](n2cc(Cc3ccc4c5c(cccc35)C(=O)N4)cn2)CC12CC2. The van der Waals surface area contributed by atoms with Crippen molar-refractivity contribution in [3.63, 3.8) is 0 Å². The predicted octanol–water partition coefficient (Wildman–Crippen LogP) is 5.30. The van der Waals surface area contributed by atoms with E-state index in [1.54, 1.807) is 0 Å². The third kappa shape index (κ3) is 3.54. The summed E-state index contributed by atoms with van der Waals surface area (Å²) in [5.41, 5.74) is 3.42. The summed E-state index contributed by atoms with van der Waals surface area (Å²) < 4.78 is 7.76. The van der Waals surface area contributed by atoms with E-state index in [9.17, 15) is 9.59 Å². The van der Waals surface area contributed by atoms with Crippen LogP contribution in [0.1, 0.15) is 74.0 Å². The number of nitrogens with zero attached hydrogens (tertiary/aromatic N) is 3. The van der Waals surface area contributed by atoms with Crippen LogP contribution < -0.4 is 5.32 Å². The van der Waals surface area contributed by atoms with Crippen molar-refractivity contribution in [1.29, 1.82) is 0 Å². The summed E-state index contributed by atoms with van der Waals surface area (Å²) in [6.07, 6.45) is 8.53. The van der Waals surface area contributed by atoms with Gasteiger partial charge in [0.05, 0.1) is 12.2 Å². The molecule has 1 atom stereocenters. The van der Waals surface area contributed by atoms with E-state index >= 15 is 0 Å². The van der Waals surface area contributed by atoms with Gasteiger partial charge >= 0.3 is 6.09 Å². The Hall–Kier alpha value is -3.35. The van der Waals surface area contributed by atoms with Gasteiger partial charge in [0, 0.05) is 41.3 Å². The number of carbonyl (C=O) groups excluding carboxylic acids is 2. The lowest BCUT2D eigenvalue weighted by atomic mass is 9.95. The van der Waals surface area contributed by atoms with E-state index in [0.717, 1.165) is 59.7 Å². The molecule has 1 saturated heterocycles. The Kier molecular flexibility index (Phi) is 4.57. The summed E-state index contributed by atoms with van der Waals surface area (Å²) in [6.45, 7) is 6.45. The van der Waals surface area contributed by atoms with Gasteiger partial charge in [-0.3, -0.25) is 9.48 Å². The van der Waals surface area contributed by atoms with Gasteiger partial charge in [0.25, 0.3) is 5.91 Å². The average molecular weight is 459 g/mol. The minimum atomic E-state index is -0.479. The van der Waals surface area contributed by atoms with E-state index in [4.69, 9.17) is 9.84 Å². The topological polar surface area (TPSA) is 76.5 Å². The number of rotatable bonds is 3. The van der Waals surface area contributed by atoms with Crippen LogP contribution in [0.15, 0.2) is 42.7 Å². The molecule has 0 radical (unpaired) electrons. The van der Waals surface area contributed by atoms with Gasteiger partial charge in [-0.15, -0.1) is 0 Å². The van der Waals surface area contributed by atoms with Crippen molar-refractivity contribution >= 4 is 28.5 Å². The Morgan fingerprint density at radius 1 is 1.24 bits per heavy atom. The van der Waals surface area contributed by atoms with Crippen molar-refractivity contribution in [2.75, 3.05) is 11.9 Å². The number of piperidine rings is 1. The molecule has 7 nitrogen and oxygen atoms in total. The zero-order valence-corrected chi connectivity index (χ0v) is 19.9. The van der Waals surface area contributed by atoms with Crippen molar-refractivity contribution < 1.29 is 14.3 Å². The van der Waals surface area contributed by atoms with Gasteiger partial charge in [0.15, 0.2) is 0 Å². The number of hydrogen-bond acceptors (Lipinski definition) is 4. The van der Waals surface area contributed by atoms with Crippen LogP contribution >= 0.6 is 0 Å². The molecule has 6 rings (SSSR count). The highest BCUT2D eigenvalue weighted by Crippen LogP contribution is 2.51. The highest BCUT2D eigenvalue weighted by Gasteiger charge is 2.54. The summed E-state index contributed by atoms with van der Waals surface area (Å²) in [5, 5.41) is 9.80. The molecule has 2 aromatic carbocycles. The largest absolute Gasteiger partial charge is 0.444 e. The van der Waals surface area contributed by atoms with E-state index in [-0.39, 0.29) is 23.6 Å². The molecule has 3 aromatic rings. The Morgan fingerprint density at radius 3 is 2.82 bits per heavy atom. The lowest BCUT2D eigenvalue weighted by molar-refractivity contribution is -0.0000310. The number of amides is 2. The maximum Gasteiger partial charge on any atom is 0.410 e. The van der Waals surface area contributed by atoms with Gasteiger partial charge in [-0.25, -0.2) is 4.79 Å². The van der Waals surface area contributed by atoms with Crippen LogP contribution in [0.25, 0.3) is 10.8 Å². The molecule has 1 aliphatic carbocycles. The normalized spacial score (nSPS) is 20.6. The zero-order valence-electron chi connectivity index (χ0n) is 19.9. The zero-order chi connectivity index (χ0) is 23.7. The summed E-state index contributed by atoms with van der Waals surface area (Å²) in [7, 11) is 0. The summed E-state index contributed by atoms with van der Waals surface area (Å²) >= 11 is 0. The Bertz CT molecular complexity index is 1320. The average Bonchev–Trinajstić information content (AvgIpc) is 3.23. The first-order valence-corrected chi connectivity index (χ1v) is 12.1. The first kappa shape index (κ1) is 21.2. The van der Waals surface area contributed by atoms with Crippen LogP contribution in [-0.4, -0.2) is 44.4 Å². The van der Waals surface area contributed by atoms with Crippen molar-refractivity contribution in [1.82, 2.24) is 14.7 Å². The van der Waals surface area contributed by atoms with Gasteiger partial charge in [-0.05, 0) is 75.1 Å². The van der Waals surface area contributed by atoms with E-state index in [1.165, 1.54) is 5.56 Å². The first-order chi connectivity index (χ1) is 16.2. The van der Waals surface area contributed by atoms with Crippen LogP contribution in [0.5, 0.6) is 0 Å². The fraction of sp³-hybridized carbons (Fsp3) is 0.444. The second-order valence-electron chi connectivity index (χ2n) is 11.0. The third-order valence-electron chi connectivity index (χ3n) is 7.36. The Labute approximate surface area is 199 Å². The van der Waals surface area contributed by atoms with Crippen LogP contribution in [-0.2, 0) is 11.2 Å². The molecule has 3 aliphatic rings. The maximum atomic E-state index is 12.8. The smallest absolute Gasteiger partial charge is 0.410 e. The first-order valence-electron chi connectivity index (χ1n) is 12.1. The lowest BCUT2D eigenvalue weighted by Gasteiger charge is -2.40. The van der Waals surface area contributed by atoms with Gasteiger partial charge in [-0.2, -0.15) is 5.10 Å². The fourth-order valence-corrected chi connectivity index (χ4v) is 5.60. The molecule has 1 spiro atoms. The maximum absolute atomic E-state index is 12.8. The number of hydrogen-bond donors (Lipinski definition) is 1. The van der Waals surface area contributed by atoms with E-state index in [1.807, 2.05) is 50.1 Å². The third-order valence-corrected chi connectivity index (χ3v) is 7.36. The van der Waals surface area contributed by atoms with Crippen LogP contribution in [0.4, 0.5) is 10.5 Å². The molecule has 0 bridgehead atoms. The molecule has 176 valence electrons. The van der Waals surface area contributed by atoms with Crippen molar-refractivity contribution in [3.8, 4) is 0 Å². The second kappa shape index (κ2) is 7.32. The lowest BCUT2D eigenvalue weighted by Crippen LogP contribution is -2.50. The molecule has 2 aliphatic heterocycles. The number of aromatic nitrogens is 2. The number of likely N-dealkylation sites (tertiary alicyclic amines) is 1. The highest BCUT2D eigenvalue weighted by molar-refractivity contribution is 6.24. The molecular formula is C27H30N4O3. The van der Waals surface area contributed by atoms with E-state index in [2.05, 4.69) is 28.3 Å². The quantitative estimate of drug-likeness (QED) is 0.578. The minimum absolute atomic E-state index is 0.0303. The number of benzene rings is 2. The van der Waals surface area contributed by atoms with Crippen LogP contribution in [0, 0.1) is 0 Å². The number of carbonyl (C=O) groups is 2. The summed E-state index contributed by atoms with van der Waals surface area (Å²) in [4.78, 5) is 26.9. The number of anilines is 1. The monoisotopic (exact) mass is 458 g/mol. The molecule has 2 amide bonds. The van der Waals surface area contributed by atoms with Crippen LogP contribution in [0.3, 0.4) is 0 Å². The minimum Gasteiger partial charge on any atom is -0.444 e. The molecular weight excluding hydrogens is 428 g/mol. The van der Waals surface area contributed by atoms with Gasteiger partial charge in [0.2, 0.25) is 0 Å². The van der Waals surface area contributed by atoms with Crippen molar-refractivity contribution in [2.24, 2.45) is 0 Å². The molecule has 1 saturated carbocycles. The van der Waals surface area contributed by atoms with Gasteiger partial charge < -0.3 is 15.0 Å². The second-order valence-corrected chi connectivity index (χ2v) is 11.0. The molecule has 0 unspecified atom stereocenters. The van der Waals surface area contributed by atoms with E-state index < -0.39 is 5.60 Å². The standard InChI is InChI=1S/C27H30N4O3/c1-26(2,3)34-25(33)30-12-9-19(14-27(30)10-11-27)31-16-17(15-28-31)13-18-7-8-22-23-20(18)5-4-6-21(23)24(32)29-22/h4-8,15-16,19H,9-14H2,1-3H3,(H,29,32)/t19-/m0/s1. The summed E-state index contributed by atoms with van der Waals surface area (Å²) in [6, 6.07) is 10.3. The number of ether oxygens (including phenoxy) is 1. The molecule has 34 heavy (non-hydrogen) atoms. The molecule has 7 heteroatoms. The Morgan fingerprint density at radius 2 is 2.06 bits per heavy atom. The molecule has 1 aromatic heterocycles. The molecule has 1 N–H and O–H groups in total. The van der Waals surface area contributed by atoms with Crippen molar-refractivity contribution in [2.45, 2.75) is 70.1 Å². The summed E-state index contributed by atoms with van der Waals surface area (Å²) in [5.74, 6) is -0.0303. The van der Waals surface area contributed by atoms with Crippen LogP contribution in [0.2, 0.25) is 0 Å². The fourth-order valence-electron chi connectivity index (χ4n) is 5.60. The van der Waals surface area contributed by atoms with Crippen molar-refractivity contribution in [3.05, 3.63) is 59.4 Å². The Balaban J connectivity index is 1.19.